The predicted octanol–water partition coefficient (Wildman–Crippen LogP) is 2.30. The first-order valence-corrected chi connectivity index (χ1v) is 7.10. The number of hydrogen-bond acceptors (Lipinski definition) is 4. The van der Waals surface area contributed by atoms with Gasteiger partial charge in [0.15, 0.2) is 6.04 Å². The molecule has 0 aromatic carbocycles. The van der Waals surface area contributed by atoms with Gasteiger partial charge in [-0.05, 0) is 0 Å². The lowest BCUT2D eigenvalue weighted by Crippen LogP contribution is -2.39. The summed E-state index contributed by atoms with van der Waals surface area (Å²) in [4.78, 5) is 24.4. The van der Waals surface area contributed by atoms with Gasteiger partial charge in [-0.2, -0.15) is 0 Å². The standard InChI is InChI=1S/C13H12Cl2N4O2/c14-8-3-16-4-9(15)7(8)5-19-2-1-10-11(18-6-17-10)12(19)13(20)21/h3-4,6,12H,1-2,5H2,(H,17,18)(H,20,21)/t12-/m1/s1. The molecule has 21 heavy (non-hydrogen) atoms. The van der Waals surface area contributed by atoms with Gasteiger partial charge in [0.2, 0.25) is 0 Å². The van der Waals surface area contributed by atoms with Gasteiger partial charge in [-0.15, -0.1) is 0 Å². The molecule has 2 N–H and O–H groups in total. The smallest absolute Gasteiger partial charge is 0.327 e. The van der Waals surface area contributed by atoms with Crippen molar-refractivity contribution in [2.75, 3.05) is 6.54 Å². The van der Waals surface area contributed by atoms with Crippen molar-refractivity contribution in [1.82, 2.24) is 19.9 Å². The van der Waals surface area contributed by atoms with Crippen molar-refractivity contribution in [2.24, 2.45) is 0 Å². The van der Waals surface area contributed by atoms with Crippen LogP contribution in [0.1, 0.15) is 23.0 Å². The van der Waals surface area contributed by atoms with Crippen molar-refractivity contribution in [3.63, 3.8) is 0 Å². The van der Waals surface area contributed by atoms with Crippen molar-refractivity contribution >= 4 is 29.2 Å². The van der Waals surface area contributed by atoms with E-state index in [2.05, 4.69) is 15.0 Å². The summed E-state index contributed by atoms with van der Waals surface area (Å²) in [5.41, 5.74) is 2.10. The van der Waals surface area contributed by atoms with Gasteiger partial charge in [0.25, 0.3) is 0 Å². The van der Waals surface area contributed by atoms with Crippen LogP contribution in [0.5, 0.6) is 0 Å². The van der Waals surface area contributed by atoms with Gasteiger partial charge in [-0.3, -0.25) is 14.7 Å². The number of carboxylic acids is 1. The number of pyridine rings is 1. The molecule has 1 aliphatic heterocycles. The van der Waals surface area contributed by atoms with E-state index in [1.807, 2.05) is 0 Å². The number of H-pyrrole nitrogens is 1. The largest absolute Gasteiger partial charge is 0.480 e. The Hall–Kier alpha value is -1.63. The summed E-state index contributed by atoms with van der Waals surface area (Å²) >= 11 is 12.2. The summed E-state index contributed by atoms with van der Waals surface area (Å²) in [5, 5.41) is 10.4. The number of aromatic nitrogens is 3. The second-order valence-corrected chi connectivity index (χ2v) is 5.62. The second kappa shape index (κ2) is 5.63. The van der Waals surface area contributed by atoms with Gasteiger partial charge in [-0.25, -0.2) is 4.98 Å². The van der Waals surface area contributed by atoms with E-state index in [0.717, 1.165) is 5.69 Å². The van der Waals surface area contributed by atoms with Gasteiger partial charge in [0, 0.05) is 43.2 Å². The zero-order valence-electron chi connectivity index (χ0n) is 10.9. The van der Waals surface area contributed by atoms with Crippen LogP contribution >= 0.6 is 23.2 Å². The molecule has 3 rings (SSSR count). The maximum atomic E-state index is 11.6. The Morgan fingerprint density at radius 1 is 1.43 bits per heavy atom. The molecule has 0 radical (unpaired) electrons. The number of imidazole rings is 1. The lowest BCUT2D eigenvalue weighted by atomic mass is 10.0. The van der Waals surface area contributed by atoms with E-state index >= 15 is 0 Å². The van der Waals surface area contributed by atoms with E-state index in [4.69, 9.17) is 23.2 Å². The highest BCUT2D eigenvalue weighted by molar-refractivity contribution is 6.35. The highest BCUT2D eigenvalue weighted by Gasteiger charge is 2.35. The first-order chi connectivity index (χ1) is 10.1. The molecule has 6 nitrogen and oxygen atoms in total. The molecular formula is C13H12Cl2N4O2. The third-order valence-corrected chi connectivity index (χ3v) is 4.22. The summed E-state index contributed by atoms with van der Waals surface area (Å²) < 4.78 is 0. The normalized spacial score (nSPS) is 18.5. The van der Waals surface area contributed by atoms with E-state index in [1.165, 1.54) is 18.7 Å². The second-order valence-electron chi connectivity index (χ2n) is 4.81. The Labute approximate surface area is 130 Å². The average molecular weight is 327 g/mol. The van der Waals surface area contributed by atoms with E-state index in [0.29, 0.717) is 40.8 Å². The van der Waals surface area contributed by atoms with Crippen molar-refractivity contribution in [3.8, 4) is 0 Å². The van der Waals surface area contributed by atoms with E-state index in [9.17, 15) is 9.90 Å². The molecule has 0 unspecified atom stereocenters. The van der Waals surface area contributed by atoms with Gasteiger partial charge in [0.05, 0.1) is 22.1 Å². The zero-order valence-corrected chi connectivity index (χ0v) is 12.4. The topological polar surface area (TPSA) is 82.1 Å². The molecule has 0 aliphatic carbocycles. The molecule has 1 atom stereocenters. The van der Waals surface area contributed by atoms with E-state index in [1.54, 1.807) is 4.90 Å². The maximum absolute atomic E-state index is 11.6. The summed E-state index contributed by atoms with van der Waals surface area (Å²) in [6, 6.07) is -0.805. The molecule has 0 saturated heterocycles. The van der Waals surface area contributed by atoms with Crippen LogP contribution in [-0.4, -0.2) is 37.5 Å². The van der Waals surface area contributed by atoms with Crippen molar-refractivity contribution in [2.45, 2.75) is 19.0 Å². The van der Waals surface area contributed by atoms with E-state index < -0.39 is 12.0 Å². The minimum absolute atomic E-state index is 0.337. The molecular weight excluding hydrogens is 315 g/mol. The maximum Gasteiger partial charge on any atom is 0.327 e. The Bertz CT molecular complexity index is 668. The predicted molar refractivity (Wildman–Crippen MR) is 77.3 cm³/mol. The molecule has 0 spiro atoms. The third-order valence-electron chi connectivity index (χ3n) is 3.57. The van der Waals surface area contributed by atoms with Gasteiger partial charge in [-0.1, -0.05) is 23.2 Å². The van der Waals surface area contributed by atoms with Crippen LogP contribution in [-0.2, 0) is 17.8 Å². The summed E-state index contributed by atoms with van der Waals surface area (Å²) in [7, 11) is 0. The average Bonchev–Trinajstić information content (AvgIpc) is 2.90. The van der Waals surface area contributed by atoms with Crippen LogP contribution in [0.25, 0.3) is 0 Å². The summed E-state index contributed by atoms with van der Waals surface area (Å²) in [6.07, 6.45) is 5.24. The van der Waals surface area contributed by atoms with Crippen LogP contribution in [0.4, 0.5) is 0 Å². The molecule has 0 fully saturated rings. The number of rotatable bonds is 3. The highest BCUT2D eigenvalue weighted by atomic mass is 35.5. The first-order valence-electron chi connectivity index (χ1n) is 6.35. The number of carboxylic acid groups (broad SMARTS) is 1. The number of aliphatic carboxylic acids is 1. The van der Waals surface area contributed by atoms with Gasteiger partial charge in [0.1, 0.15) is 0 Å². The molecule has 0 saturated carbocycles. The Kier molecular flexibility index (Phi) is 3.84. The minimum atomic E-state index is -0.940. The molecule has 2 aromatic rings. The fourth-order valence-corrected chi connectivity index (χ4v) is 3.04. The van der Waals surface area contributed by atoms with Crippen LogP contribution in [0.2, 0.25) is 10.0 Å². The number of nitrogens with one attached hydrogen (secondary N) is 1. The number of halogens is 2. The number of fused-ring (bicyclic) bond motifs is 1. The summed E-state index contributed by atoms with van der Waals surface area (Å²) in [5.74, 6) is -0.940. The minimum Gasteiger partial charge on any atom is -0.480 e. The lowest BCUT2D eigenvalue weighted by Gasteiger charge is -2.32. The highest BCUT2D eigenvalue weighted by Crippen LogP contribution is 2.32. The fraction of sp³-hybridized carbons (Fsp3) is 0.308. The quantitative estimate of drug-likeness (QED) is 0.904. The fourth-order valence-electron chi connectivity index (χ4n) is 2.56. The molecule has 3 heterocycles. The first kappa shape index (κ1) is 14.3. The van der Waals surface area contributed by atoms with Crippen LogP contribution in [0, 0.1) is 0 Å². The number of nitrogens with zero attached hydrogens (tertiary/aromatic N) is 3. The Morgan fingerprint density at radius 3 is 2.81 bits per heavy atom. The van der Waals surface area contributed by atoms with Gasteiger partial charge >= 0.3 is 5.97 Å². The monoisotopic (exact) mass is 326 g/mol. The SMILES string of the molecule is O=C(O)[C@H]1c2nc[nH]c2CCN1Cc1c(Cl)cncc1Cl. The Balaban J connectivity index is 1.94. The van der Waals surface area contributed by atoms with Crippen LogP contribution in [0.3, 0.4) is 0 Å². The van der Waals surface area contributed by atoms with Crippen molar-refractivity contribution in [3.05, 3.63) is 45.7 Å². The van der Waals surface area contributed by atoms with Crippen LogP contribution < -0.4 is 0 Å². The van der Waals surface area contributed by atoms with Crippen LogP contribution in [0.15, 0.2) is 18.7 Å². The number of carbonyl (C=O) groups is 1. The Morgan fingerprint density at radius 2 is 2.14 bits per heavy atom. The molecule has 0 amide bonds. The molecule has 8 heteroatoms. The molecule has 2 aromatic heterocycles. The molecule has 1 aliphatic rings. The molecule has 0 bridgehead atoms. The summed E-state index contributed by atoms with van der Waals surface area (Å²) in [6.45, 7) is 0.921. The number of hydrogen-bond donors (Lipinski definition) is 2. The van der Waals surface area contributed by atoms with Crippen molar-refractivity contribution < 1.29 is 9.90 Å². The van der Waals surface area contributed by atoms with Crippen molar-refractivity contribution in [1.29, 1.82) is 0 Å². The third kappa shape index (κ3) is 2.62. The lowest BCUT2D eigenvalue weighted by molar-refractivity contribution is -0.144. The van der Waals surface area contributed by atoms with E-state index in [-0.39, 0.29) is 0 Å². The number of aromatic amines is 1. The zero-order chi connectivity index (χ0) is 15.0. The van der Waals surface area contributed by atoms with Gasteiger partial charge < -0.3 is 10.1 Å². The molecule has 110 valence electrons.